The summed E-state index contributed by atoms with van der Waals surface area (Å²) in [6, 6.07) is 9.76. The Labute approximate surface area is 155 Å². The Balaban J connectivity index is 1.84. The van der Waals surface area contributed by atoms with E-state index < -0.39 is 0 Å². The van der Waals surface area contributed by atoms with Crippen LogP contribution in [-0.2, 0) is 17.6 Å². The smallest absolute Gasteiger partial charge is 0.224 e. The van der Waals surface area contributed by atoms with Crippen molar-refractivity contribution in [3.05, 3.63) is 52.6 Å². The van der Waals surface area contributed by atoms with E-state index in [9.17, 15) is 9.90 Å². The lowest BCUT2D eigenvalue weighted by molar-refractivity contribution is -0.120. The Morgan fingerprint density at radius 3 is 2.23 bits per heavy atom. The first-order valence-electron chi connectivity index (χ1n) is 8.71. The Hall–Kier alpha value is -2.69. The number of aryl methyl sites for hydroxylation is 3. The van der Waals surface area contributed by atoms with Gasteiger partial charge in [-0.1, -0.05) is 18.2 Å². The summed E-state index contributed by atoms with van der Waals surface area (Å²) in [7, 11) is 2.93. The Bertz CT molecular complexity index is 746. The summed E-state index contributed by atoms with van der Waals surface area (Å²) >= 11 is 0. The van der Waals surface area contributed by atoms with E-state index in [2.05, 4.69) is 37.4 Å². The predicted molar refractivity (Wildman–Crippen MR) is 102 cm³/mol. The molecule has 2 aromatic rings. The third-order valence-corrected chi connectivity index (χ3v) is 4.44. The molecule has 0 aromatic heterocycles. The molecule has 0 aliphatic heterocycles. The minimum atomic E-state index is -0.0696. The standard InChI is InChI=1S/C21H27NO4/c1-14-7-8-16(10-15(14)2)6-5-9-22-20(23)13-17-11-18(25-3)21(24)19(12-17)26-4/h7-8,10-12,24H,5-6,9,13H2,1-4H3,(H,22,23). The molecule has 2 aromatic carbocycles. The van der Waals surface area contributed by atoms with Gasteiger partial charge >= 0.3 is 0 Å². The fourth-order valence-electron chi connectivity index (χ4n) is 2.78. The summed E-state index contributed by atoms with van der Waals surface area (Å²) in [5.41, 5.74) is 4.60. The van der Waals surface area contributed by atoms with Gasteiger partial charge in [0.15, 0.2) is 11.5 Å². The van der Waals surface area contributed by atoms with Gasteiger partial charge < -0.3 is 19.9 Å². The second-order valence-electron chi connectivity index (χ2n) is 6.40. The van der Waals surface area contributed by atoms with Crippen LogP contribution in [0.4, 0.5) is 0 Å². The molecule has 0 atom stereocenters. The molecule has 0 saturated carbocycles. The number of hydrogen-bond donors (Lipinski definition) is 2. The molecule has 0 aliphatic carbocycles. The number of carbonyl (C=O) groups excluding carboxylic acids is 1. The number of phenolic OH excluding ortho intramolecular Hbond substituents is 1. The number of nitrogens with one attached hydrogen (secondary N) is 1. The van der Waals surface area contributed by atoms with Crippen molar-refractivity contribution in [1.82, 2.24) is 5.32 Å². The molecule has 140 valence electrons. The second-order valence-corrected chi connectivity index (χ2v) is 6.40. The highest BCUT2D eigenvalue weighted by molar-refractivity contribution is 5.79. The topological polar surface area (TPSA) is 67.8 Å². The average molecular weight is 357 g/mol. The number of aromatic hydroxyl groups is 1. The van der Waals surface area contributed by atoms with Crippen molar-refractivity contribution >= 4 is 5.91 Å². The molecule has 26 heavy (non-hydrogen) atoms. The zero-order valence-electron chi connectivity index (χ0n) is 15.9. The van der Waals surface area contributed by atoms with Gasteiger partial charge in [-0.25, -0.2) is 0 Å². The third-order valence-electron chi connectivity index (χ3n) is 4.44. The highest BCUT2D eigenvalue weighted by Crippen LogP contribution is 2.37. The maximum atomic E-state index is 12.2. The number of amides is 1. The Morgan fingerprint density at radius 2 is 1.65 bits per heavy atom. The monoisotopic (exact) mass is 357 g/mol. The fourth-order valence-corrected chi connectivity index (χ4v) is 2.78. The molecular weight excluding hydrogens is 330 g/mol. The van der Waals surface area contributed by atoms with E-state index >= 15 is 0 Å². The summed E-state index contributed by atoms with van der Waals surface area (Å²) in [6.07, 6.45) is 2.02. The number of methoxy groups -OCH3 is 2. The zero-order chi connectivity index (χ0) is 19.1. The number of ether oxygens (including phenoxy) is 2. The van der Waals surface area contributed by atoms with E-state index in [1.165, 1.54) is 30.9 Å². The number of carbonyl (C=O) groups is 1. The van der Waals surface area contributed by atoms with Crippen LogP contribution in [-0.4, -0.2) is 31.8 Å². The largest absolute Gasteiger partial charge is 0.502 e. The van der Waals surface area contributed by atoms with Crippen LogP contribution >= 0.6 is 0 Å². The molecular formula is C21H27NO4. The van der Waals surface area contributed by atoms with E-state index in [0.717, 1.165) is 18.4 Å². The fraction of sp³-hybridized carbons (Fsp3) is 0.381. The van der Waals surface area contributed by atoms with Crippen molar-refractivity contribution in [3.63, 3.8) is 0 Å². The van der Waals surface area contributed by atoms with E-state index in [1.807, 2.05) is 0 Å². The first kappa shape index (κ1) is 19.6. The highest BCUT2D eigenvalue weighted by atomic mass is 16.5. The van der Waals surface area contributed by atoms with Crippen molar-refractivity contribution in [2.24, 2.45) is 0 Å². The summed E-state index contributed by atoms with van der Waals surface area (Å²) in [4.78, 5) is 12.2. The van der Waals surface area contributed by atoms with Gasteiger partial charge in [0.1, 0.15) is 0 Å². The van der Waals surface area contributed by atoms with Crippen molar-refractivity contribution in [2.45, 2.75) is 33.1 Å². The van der Waals surface area contributed by atoms with Gasteiger partial charge in [-0.05, 0) is 61.1 Å². The van der Waals surface area contributed by atoms with Gasteiger partial charge in [0.25, 0.3) is 0 Å². The summed E-state index contributed by atoms with van der Waals surface area (Å²) in [6.45, 7) is 4.84. The van der Waals surface area contributed by atoms with E-state index in [1.54, 1.807) is 12.1 Å². The third kappa shape index (κ3) is 5.15. The number of benzene rings is 2. The SMILES string of the molecule is COc1cc(CC(=O)NCCCc2ccc(C)c(C)c2)cc(OC)c1O. The normalized spacial score (nSPS) is 10.5. The van der Waals surface area contributed by atoms with Crippen molar-refractivity contribution in [3.8, 4) is 17.2 Å². The minimum Gasteiger partial charge on any atom is -0.502 e. The molecule has 0 unspecified atom stereocenters. The van der Waals surface area contributed by atoms with Crippen molar-refractivity contribution in [2.75, 3.05) is 20.8 Å². The van der Waals surface area contributed by atoms with Crippen LogP contribution in [0.5, 0.6) is 17.2 Å². The van der Waals surface area contributed by atoms with Gasteiger partial charge in [-0.2, -0.15) is 0 Å². The molecule has 0 radical (unpaired) electrons. The molecule has 0 saturated heterocycles. The van der Waals surface area contributed by atoms with Gasteiger partial charge in [-0.3, -0.25) is 4.79 Å². The quantitative estimate of drug-likeness (QED) is 0.711. The minimum absolute atomic E-state index is 0.0625. The lowest BCUT2D eigenvalue weighted by Crippen LogP contribution is -2.26. The Kier molecular flexibility index (Phi) is 6.89. The average Bonchev–Trinajstić information content (AvgIpc) is 2.62. The van der Waals surface area contributed by atoms with Crippen LogP contribution in [0.3, 0.4) is 0 Å². The number of rotatable bonds is 8. The first-order valence-corrected chi connectivity index (χ1v) is 8.71. The van der Waals surface area contributed by atoms with E-state index in [4.69, 9.17) is 9.47 Å². The van der Waals surface area contributed by atoms with Gasteiger partial charge in [0.2, 0.25) is 11.7 Å². The maximum absolute atomic E-state index is 12.2. The predicted octanol–water partition coefficient (Wildman–Crippen LogP) is 3.32. The van der Waals surface area contributed by atoms with E-state index in [-0.39, 0.29) is 18.1 Å². The molecule has 0 fully saturated rings. The summed E-state index contributed by atoms with van der Waals surface area (Å²) in [5.74, 6) is 0.455. The van der Waals surface area contributed by atoms with Crippen LogP contribution in [0.25, 0.3) is 0 Å². The molecule has 5 heteroatoms. The van der Waals surface area contributed by atoms with Crippen molar-refractivity contribution < 1.29 is 19.4 Å². The van der Waals surface area contributed by atoms with Gasteiger partial charge in [-0.15, -0.1) is 0 Å². The molecule has 1 amide bonds. The number of hydrogen-bond acceptors (Lipinski definition) is 4. The molecule has 5 nitrogen and oxygen atoms in total. The maximum Gasteiger partial charge on any atom is 0.224 e. The molecule has 2 rings (SSSR count). The van der Waals surface area contributed by atoms with Gasteiger partial charge in [0.05, 0.1) is 20.6 Å². The molecule has 0 spiro atoms. The zero-order valence-corrected chi connectivity index (χ0v) is 15.9. The van der Waals surface area contributed by atoms with Crippen LogP contribution in [0.2, 0.25) is 0 Å². The van der Waals surface area contributed by atoms with Gasteiger partial charge in [0, 0.05) is 6.54 Å². The summed E-state index contributed by atoms with van der Waals surface area (Å²) in [5, 5.41) is 12.8. The van der Waals surface area contributed by atoms with Crippen LogP contribution in [0.1, 0.15) is 28.7 Å². The van der Waals surface area contributed by atoms with Crippen LogP contribution in [0, 0.1) is 13.8 Å². The molecule has 0 aliphatic rings. The first-order chi connectivity index (χ1) is 12.4. The molecule has 2 N–H and O–H groups in total. The lowest BCUT2D eigenvalue weighted by atomic mass is 10.0. The highest BCUT2D eigenvalue weighted by Gasteiger charge is 2.13. The number of phenols is 1. The molecule has 0 bridgehead atoms. The van der Waals surface area contributed by atoms with Crippen LogP contribution < -0.4 is 14.8 Å². The van der Waals surface area contributed by atoms with Crippen molar-refractivity contribution in [1.29, 1.82) is 0 Å². The summed E-state index contributed by atoms with van der Waals surface area (Å²) < 4.78 is 10.2. The van der Waals surface area contributed by atoms with Crippen LogP contribution in [0.15, 0.2) is 30.3 Å². The second kappa shape index (κ2) is 9.13. The Morgan fingerprint density at radius 1 is 1.00 bits per heavy atom. The molecule has 0 heterocycles. The van der Waals surface area contributed by atoms with E-state index in [0.29, 0.717) is 18.0 Å². The lowest BCUT2D eigenvalue weighted by Gasteiger charge is -2.11.